The summed E-state index contributed by atoms with van der Waals surface area (Å²) in [7, 11) is 0. The van der Waals surface area contributed by atoms with Crippen molar-refractivity contribution in [3.05, 3.63) is 30.2 Å². The number of nitrogen functional groups attached to an aromatic ring is 1. The molecule has 0 aliphatic heterocycles. The Hall–Kier alpha value is -1.84. The second kappa shape index (κ2) is 2.58. The number of rotatable bonds is 1. The fourth-order valence-corrected chi connectivity index (χ4v) is 1.29. The zero-order chi connectivity index (χ0) is 9.42. The number of hydrogen-bond donors (Lipinski definition) is 1. The summed E-state index contributed by atoms with van der Waals surface area (Å²) in [5.41, 5.74) is 7.44. The number of fused-ring (bicyclic) bond motifs is 1. The Morgan fingerprint density at radius 3 is 3.08 bits per heavy atom. The number of nitrogens with zero attached hydrogens (tertiary/aromatic N) is 2. The Bertz CT molecular complexity index is 473. The average Bonchev–Trinajstić information content (AvgIpc) is 2.48. The molecule has 0 spiro atoms. The maximum absolute atomic E-state index is 11.1. The minimum Gasteiger partial charge on any atom is -0.396 e. The number of hydrogen-bond acceptors (Lipinski definition) is 3. The van der Waals surface area contributed by atoms with E-state index in [0.717, 1.165) is 0 Å². The van der Waals surface area contributed by atoms with Crippen molar-refractivity contribution in [1.82, 2.24) is 9.38 Å². The average molecular weight is 175 g/mol. The van der Waals surface area contributed by atoms with Crippen LogP contribution >= 0.6 is 0 Å². The number of aromatic nitrogens is 2. The number of Topliss-reactive ketones (excluding diaryl/α,β-unsaturated/α-hetero) is 1. The van der Waals surface area contributed by atoms with Crippen molar-refractivity contribution in [2.24, 2.45) is 0 Å². The quantitative estimate of drug-likeness (QED) is 0.660. The molecule has 0 unspecified atom stereocenters. The first-order chi connectivity index (χ1) is 6.20. The maximum Gasteiger partial charge on any atom is 0.178 e. The summed E-state index contributed by atoms with van der Waals surface area (Å²) < 4.78 is 1.69. The molecule has 0 aliphatic carbocycles. The highest BCUT2D eigenvalue weighted by Gasteiger charge is 2.07. The Morgan fingerprint density at radius 1 is 1.62 bits per heavy atom. The van der Waals surface area contributed by atoms with Gasteiger partial charge in [-0.1, -0.05) is 0 Å². The Labute approximate surface area is 75.0 Å². The molecule has 0 saturated carbocycles. The van der Waals surface area contributed by atoms with Crippen molar-refractivity contribution in [2.45, 2.75) is 6.92 Å². The smallest absolute Gasteiger partial charge is 0.178 e. The van der Waals surface area contributed by atoms with Gasteiger partial charge in [-0.15, -0.1) is 0 Å². The Kier molecular flexibility index (Phi) is 1.55. The van der Waals surface area contributed by atoms with E-state index >= 15 is 0 Å². The van der Waals surface area contributed by atoms with Crippen molar-refractivity contribution >= 4 is 17.1 Å². The number of anilines is 1. The van der Waals surface area contributed by atoms with E-state index in [-0.39, 0.29) is 5.78 Å². The monoisotopic (exact) mass is 175 g/mol. The fourth-order valence-electron chi connectivity index (χ4n) is 1.29. The zero-order valence-corrected chi connectivity index (χ0v) is 7.19. The molecule has 0 aliphatic rings. The molecule has 13 heavy (non-hydrogen) atoms. The third-order valence-electron chi connectivity index (χ3n) is 1.93. The van der Waals surface area contributed by atoms with Crippen LogP contribution in [0.1, 0.15) is 17.4 Å². The van der Waals surface area contributed by atoms with Gasteiger partial charge < -0.3 is 5.73 Å². The first-order valence-corrected chi connectivity index (χ1v) is 3.92. The largest absolute Gasteiger partial charge is 0.396 e. The van der Waals surface area contributed by atoms with Crippen LogP contribution in [0.25, 0.3) is 5.65 Å². The SMILES string of the molecule is CC(=O)c1cnc2c(N)cccn12. The van der Waals surface area contributed by atoms with Gasteiger partial charge in [-0.25, -0.2) is 4.98 Å². The van der Waals surface area contributed by atoms with Gasteiger partial charge >= 0.3 is 0 Å². The number of imidazole rings is 1. The molecule has 2 aromatic heterocycles. The lowest BCUT2D eigenvalue weighted by Crippen LogP contribution is -1.99. The van der Waals surface area contributed by atoms with Crippen LogP contribution in [0.3, 0.4) is 0 Å². The van der Waals surface area contributed by atoms with Gasteiger partial charge in [0, 0.05) is 13.1 Å². The van der Waals surface area contributed by atoms with Gasteiger partial charge in [0.05, 0.1) is 11.9 Å². The number of nitrogens with two attached hydrogens (primary N) is 1. The minimum absolute atomic E-state index is 0.0156. The van der Waals surface area contributed by atoms with Gasteiger partial charge in [0.1, 0.15) is 5.69 Å². The van der Waals surface area contributed by atoms with Gasteiger partial charge in [-0.05, 0) is 12.1 Å². The van der Waals surface area contributed by atoms with Crippen LogP contribution in [0, 0.1) is 0 Å². The van der Waals surface area contributed by atoms with E-state index in [1.54, 1.807) is 22.7 Å². The van der Waals surface area contributed by atoms with Crippen LogP contribution in [-0.4, -0.2) is 15.2 Å². The van der Waals surface area contributed by atoms with Crippen molar-refractivity contribution < 1.29 is 4.79 Å². The zero-order valence-electron chi connectivity index (χ0n) is 7.19. The molecule has 0 radical (unpaired) electrons. The van der Waals surface area contributed by atoms with E-state index in [0.29, 0.717) is 17.0 Å². The first kappa shape index (κ1) is 7.79. The third kappa shape index (κ3) is 1.07. The molecule has 0 bridgehead atoms. The lowest BCUT2D eigenvalue weighted by Gasteiger charge is -1.98. The molecule has 2 aromatic rings. The van der Waals surface area contributed by atoms with Crippen molar-refractivity contribution in [1.29, 1.82) is 0 Å². The van der Waals surface area contributed by atoms with Crippen LogP contribution < -0.4 is 5.73 Å². The Balaban J connectivity index is 2.83. The topological polar surface area (TPSA) is 60.4 Å². The highest BCUT2D eigenvalue weighted by molar-refractivity contribution is 5.93. The van der Waals surface area contributed by atoms with Crippen molar-refractivity contribution in [3.8, 4) is 0 Å². The summed E-state index contributed by atoms with van der Waals surface area (Å²) >= 11 is 0. The van der Waals surface area contributed by atoms with Crippen molar-refractivity contribution in [2.75, 3.05) is 5.73 Å². The molecule has 4 heteroatoms. The van der Waals surface area contributed by atoms with E-state index in [2.05, 4.69) is 4.98 Å². The van der Waals surface area contributed by atoms with Gasteiger partial charge in [-0.2, -0.15) is 0 Å². The minimum atomic E-state index is -0.0156. The second-order valence-corrected chi connectivity index (χ2v) is 2.86. The number of carbonyl (C=O) groups excluding carboxylic acids is 1. The third-order valence-corrected chi connectivity index (χ3v) is 1.93. The standard InChI is InChI=1S/C9H9N3O/c1-6(13)8-5-11-9-7(10)3-2-4-12(8)9/h2-5H,10H2,1H3. The van der Waals surface area contributed by atoms with Gasteiger partial charge in [-0.3, -0.25) is 9.20 Å². The summed E-state index contributed by atoms with van der Waals surface area (Å²) in [5.74, 6) is -0.0156. The number of carbonyl (C=O) groups is 1. The van der Waals surface area contributed by atoms with E-state index in [9.17, 15) is 4.79 Å². The summed E-state index contributed by atoms with van der Waals surface area (Å²) in [6.07, 6.45) is 3.31. The predicted octanol–water partition coefficient (Wildman–Crippen LogP) is 1.12. The molecule has 2 rings (SSSR count). The second-order valence-electron chi connectivity index (χ2n) is 2.86. The summed E-state index contributed by atoms with van der Waals surface area (Å²) in [6, 6.07) is 3.54. The lowest BCUT2D eigenvalue weighted by molar-refractivity contribution is 0.101. The summed E-state index contributed by atoms with van der Waals surface area (Å²) in [6.45, 7) is 1.51. The molecular weight excluding hydrogens is 166 g/mol. The molecule has 0 amide bonds. The number of pyridine rings is 1. The molecule has 2 N–H and O–H groups in total. The fraction of sp³-hybridized carbons (Fsp3) is 0.111. The summed E-state index contributed by atoms with van der Waals surface area (Å²) in [4.78, 5) is 15.2. The van der Waals surface area contributed by atoms with Crippen molar-refractivity contribution in [3.63, 3.8) is 0 Å². The van der Waals surface area contributed by atoms with E-state index in [4.69, 9.17) is 5.73 Å². The Morgan fingerprint density at radius 2 is 2.38 bits per heavy atom. The molecule has 0 fully saturated rings. The highest BCUT2D eigenvalue weighted by Crippen LogP contribution is 2.13. The molecule has 0 atom stereocenters. The highest BCUT2D eigenvalue weighted by atomic mass is 16.1. The van der Waals surface area contributed by atoms with Crippen LogP contribution in [0.5, 0.6) is 0 Å². The van der Waals surface area contributed by atoms with Crippen LogP contribution in [0.2, 0.25) is 0 Å². The number of ketones is 1. The van der Waals surface area contributed by atoms with E-state index in [1.165, 1.54) is 13.1 Å². The van der Waals surface area contributed by atoms with Crippen LogP contribution in [0.15, 0.2) is 24.5 Å². The normalized spacial score (nSPS) is 10.5. The summed E-state index contributed by atoms with van der Waals surface area (Å²) in [5, 5.41) is 0. The molecule has 0 aromatic carbocycles. The van der Waals surface area contributed by atoms with Gasteiger partial charge in [0.2, 0.25) is 0 Å². The van der Waals surface area contributed by atoms with Crippen LogP contribution in [0.4, 0.5) is 5.69 Å². The maximum atomic E-state index is 11.1. The molecule has 66 valence electrons. The predicted molar refractivity (Wildman–Crippen MR) is 49.6 cm³/mol. The first-order valence-electron chi connectivity index (χ1n) is 3.92. The molecule has 0 saturated heterocycles. The van der Waals surface area contributed by atoms with Crippen LogP contribution in [-0.2, 0) is 0 Å². The van der Waals surface area contributed by atoms with E-state index < -0.39 is 0 Å². The van der Waals surface area contributed by atoms with E-state index in [1.807, 2.05) is 0 Å². The lowest BCUT2D eigenvalue weighted by atomic mass is 10.3. The molecule has 4 nitrogen and oxygen atoms in total. The van der Waals surface area contributed by atoms with Gasteiger partial charge in [0.25, 0.3) is 0 Å². The van der Waals surface area contributed by atoms with Gasteiger partial charge in [0.15, 0.2) is 11.4 Å². The molecule has 2 heterocycles. The molecular formula is C9H9N3O.